The van der Waals surface area contributed by atoms with E-state index >= 15 is 0 Å². The summed E-state index contributed by atoms with van der Waals surface area (Å²) in [5.74, 6) is -1.08. The van der Waals surface area contributed by atoms with Crippen LogP contribution in [0.4, 0.5) is 0 Å². The molecule has 3 aromatic heterocycles. The molecule has 1 amide bonds. The Morgan fingerprint density at radius 2 is 2.15 bits per heavy atom. The van der Waals surface area contributed by atoms with Gasteiger partial charge in [0.15, 0.2) is 6.10 Å². The number of rotatable bonds is 6. The van der Waals surface area contributed by atoms with E-state index in [0.29, 0.717) is 11.9 Å². The Labute approximate surface area is 163 Å². The van der Waals surface area contributed by atoms with Gasteiger partial charge in [-0.25, -0.2) is 4.68 Å². The number of ether oxygens (including phenoxy) is 1. The van der Waals surface area contributed by atoms with Crippen molar-refractivity contribution in [2.45, 2.75) is 40.0 Å². The fourth-order valence-corrected chi connectivity index (χ4v) is 4.24. The van der Waals surface area contributed by atoms with E-state index in [4.69, 9.17) is 4.74 Å². The van der Waals surface area contributed by atoms with Gasteiger partial charge in [-0.1, -0.05) is 6.07 Å². The molecule has 0 aromatic carbocycles. The summed E-state index contributed by atoms with van der Waals surface area (Å²) in [7, 11) is 0. The van der Waals surface area contributed by atoms with E-state index in [2.05, 4.69) is 10.4 Å². The van der Waals surface area contributed by atoms with E-state index < -0.39 is 18.0 Å². The number of hydrogen-bond acceptors (Lipinski definition) is 7. The molecule has 0 fully saturated rings. The van der Waals surface area contributed by atoms with Crippen molar-refractivity contribution in [3.63, 3.8) is 0 Å². The average molecular weight is 406 g/mol. The summed E-state index contributed by atoms with van der Waals surface area (Å²) < 4.78 is 7.01. The monoisotopic (exact) mass is 405 g/mol. The summed E-state index contributed by atoms with van der Waals surface area (Å²) in [4.78, 5) is 38.8. The maximum Gasteiger partial charge on any atom is 0.328 e. The number of fused-ring (bicyclic) bond motifs is 1. The Kier molecular flexibility index (Phi) is 5.71. The first-order valence-electron chi connectivity index (χ1n) is 8.32. The first-order chi connectivity index (χ1) is 12.9. The van der Waals surface area contributed by atoms with E-state index in [-0.39, 0.29) is 12.1 Å². The standard InChI is InChI=1S/C18H19N3O4S2/c1-10-12(3)27-14-8-20-21(18(24)16(10)14)9-15(22)25-11(2)17(23)19-7-13-5-4-6-26-13/h4-6,8,11H,7,9H2,1-3H3,(H,19,23). The second kappa shape index (κ2) is 8.01. The first-order valence-corrected chi connectivity index (χ1v) is 10.0. The molecule has 0 aliphatic heterocycles. The number of carbonyl (C=O) groups excluding carboxylic acids is 2. The minimum atomic E-state index is -0.956. The minimum absolute atomic E-state index is 0.332. The van der Waals surface area contributed by atoms with Gasteiger partial charge in [-0.2, -0.15) is 5.10 Å². The van der Waals surface area contributed by atoms with Crippen molar-refractivity contribution < 1.29 is 14.3 Å². The number of nitrogens with zero attached hydrogens (tertiary/aromatic N) is 2. The zero-order valence-corrected chi connectivity index (χ0v) is 16.8. The lowest BCUT2D eigenvalue weighted by Crippen LogP contribution is -2.37. The number of esters is 1. The molecule has 0 saturated carbocycles. The third-order valence-electron chi connectivity index (χ3n) is 4.15. The van der Waals surface area contributed by atoms with Gasteiger partial charge in [0.25, 0.3) is 11.5 Å². The second-order valence-corrected chi connectivity index (χ2v) is 8.35. The fourth-order valence-electron chi connectivity index (χ4n) is 2.57. The highest BCUT2D eigenvalue weighted by molar-refractivity contribution is 7.19. The van der Waals surface area contributed by atoms with Gasteiger partial charge < -0.3 is 10.1 Å². The van der Waals surface area contributed by atoms with Crippen molar-refractivity contribution in [2.75, 3.05) is 0 Å². The molecular weight excluding hydrogens is 386 g/mol. The van der Waals surface area contributed by atoms with Crippen molar-refractivity contribution in [1.29, 1.82) is 0 Å². The number of nitrogens with one attached hydrogen (secondary N) is 1. The van der Waals surface area contributed by atoms with E-state index in [1.807, 2.05) is 31.4 Å². The van der Waals surface area contributed by atoms with Crippen LogP contribution in [-0.2, 0) is 27.4 Å². The van der Waals surface area contributed by atoms with Crippen molar-refractivity contribution in [1.82, 2.24) is 15.1 Å². The average Bonchev–Trinajstić information content (AvgIpc) is 3.24. The second-order valence-electron chi connectivity index (χ2n) is 6.06. The Morgan fingerprint density at radius 1 is 1.37 bits per heavy atom. The normalized spacial score (nSPS) is 12.1. The molecule has 9 heteroatoms. The van der Waals surface area contributed by atoms with Crippen molar-refractivity contribution in [2.24, 2.45) is 0 Å². The molecule has 0 spiro atoms. The molecule has 3 rings (SSSR count). The summed E-state index contributed by atoms with van der Waals surface area (Å²) in [5, 5.41) is 9.24. The van der Waals surface area contributed by atoms with Gasteiger partial charge in [-0.15, -0.1) is 22.7 Å². The maximum absolute atomic E-state index is 12.6. The number of amides is 1. The van der Waals surface area contributed by atoms with Crippen LogP contribution in [0, 0.1) is 13.8 Å². The molecule has 7 nitrogen and oxygen atoms in total. The number of aromatic nitrogens is 2. The SMILES string of the molecule is Cc1sc2cnn(CC(=O)OC(C)C(=O)NCc3cccs3)c(=O)c2c1C. The van der Waals surface area contributed by atoms with Crippen molar-refractivity contribution in [3.05, 3.63) is 49.4 Å². The molecule has 0 saturated heterocycles. The van der Waals surface area contributed by atoms with Gasteiger partial charge in [0.1, 0.15) is 6.54 Å². The predicted molar refractivity (Wildman–Crippen MR) is 105 cm³/mol. The molecule has 1 N–H and O–H groups in total. The van der Waals surface area contributed by atoms with Gasteiger partial charge in [-0.3, -0.25) is 14.4 Å². The lowest BCUT2D eigenvalue weighted by atomic mass is 10.2. The Balaban J connectivity index is 1.62. The van der Waals surface area contributed by atoms with Gasteiger partial charge in [0, 0.05) is 9.75 Å². The van der Waals surface area contributed by atoms with Gasteiger partial charge in [-0.05, 0) is 37.8 Å². The molecule has 0 aliphatic carbocycles. The Bertz CT molecular complexity index is 1040. The van der Waals surface area contributed by atoms with Crippen LogP contribution in [0.25, 0.3) is 10.1 Å². The highest BCUT2D eigenvalue weighted by Gasteiger charge is 2.19. The molecule has 27 heavy (non-hydrogen) atoms. The minimum Gasteiger partial charge on any atom is -0.451 e. The molecule has 0 bridgehead atoms. The van der Waals surface area contributed by atoms with E-state index in [9.17, 15) is 14.4 Å². The van der Waals surface area contributed by atoms with Crippen LogP contribution in [0.5, 0.6) is 0 Å². The van der Waals surface area contributed by atoms with Gasteiger partial charge in [0.05, 0.1) is 22.8 Å². The van der Waals surface area contributed by atoms with E-state index in [0.717, 1.165) is 24.7 Å². The summed E-state index contributed by atoms with van der Waals surface area (Å²) in [6, 6.07) is 3.80. The van der Waals surface area contributed by atoms with Crippen molar-refractivity contribution >= 4 is 44.6 Å². The molecule has 0 aliphatic rings. The third kappa shape index (κ3) is 4.25. The van der Waals surface area contributed by atoms with Crippen LogP contribution in [0.1, 0.15) is 22.2 Å². The van der Waals surface area contributed by atoms with Crippen LogP contribution in [0.15, 0.2) is 28.5 Å². The lowest BCUT2D eigenvalue weighted by Gasteiger charge is -2.13. The summed E-state index contributed by atoms with van der Waals surface area (Å²) in [6.45, 7) is 5.35. The topological polar surface area (TPSA) is 90.3 Å². The predicted octanol–water partition coefficient (Wildman–Crippen LogP) is 2.38. The molecule has 0 radical (unpaired) electrons. The van der Waals surface area contributed by atoms with Crippen LogP contribution >= 0.6 is 22.7 Å². The van der Waals surface area contributed by atoms with Gasteiger partial charge >= 0.3 is 5.97 Å². The molecule has 1 atom stereocenters. The first kappa shape index (κ1) is 19.2. The Morgan fingerprint density at radius 3 is 2.85 bits per heavy atom. The number of carbonyl (C=O) groups is 2. The summed E-state index contributed by atoms with van der Waals surface area (Å²) in [5.41, 5.74) is 0.562. The number of thiophene rings is 2. The van der Waals surface area contributed by atoms with Crippen molar-refractivity contribution in [3.8, 4) is 0 Å². The summed E-state index contributed by atoms with van der Waals surface area (Å²) in [6.07, 6.45) is 0.619. The highest BCUT2D eigenvalue weighted by Crippen LogP contribution is 2.26. The highest BCUT2D eigenvalue weighted by atomic mass is 32.1. The molecular formula is C18H19N3O4S2. The number of hydrogen-bond donors (Lipinski definition) is 1. The molecule has 3 aromatic rings. The summed E-state index contributed by atoms with van der Waals surface area (Å²) >= 11 is 3.02. The Hall–Kier alpha value is -2.52. The smallest absolute Gasteiger partial charge is 0.328 e. The third-order valence-corrected chi connectivity index (χ3v) is 6.17. The van der Waals surface area contributed by atoms with Crippen LogP contribution < -0.4 is 10.9 Å². The zero-order chi connectivity index (χ0) is 19.6. The van der Waals surface area contributed by atoms with Crippen LogP contribution in [0.3, 0.4) is 0 Å². The number of aryl methyl sites for hydroxylation is 2. The molecule has 3 heterocycles. The maximum atomic E-state index is 12.6. The molecule has 1 unspecified atom stereocenters. The lowest BCUT2D eigenvalue weighted by molar-refractivity contribution is -0.155. The quantitative estimate of drug-likeness (QED) is 0.636. The van der Waals surface area contributed by atoms with E-state index in [1.54, 1.807) is 6.20 Å². The van der Waals surface area contributed by atoms with Crippen LogP contribution in [-0.4, -0.2) is 27.8 Å². The largest absolute Gasteiger partial charge is 0.451 e. The molecule has 142 valence electrons. The van der Waals surface area contributed by atoms with Gasteiger partial charge in [0.2, 0.25) is 0 Å². The zero-order valence-electron chi connectivity index (χ0n) is 15.1. The van der Waals surface area contributed by atoms with Crippen LogP contribution in [0.2, 0.25) is 0 Å². The van der Waals surface area contributed by atoms with E-state index in [1.165, 1.54) is 29.6 Å². The fraction of sp³-hybridized carbons (Fsp3) is 0.333.